The minimum absolute atomic E-state index is 0.238. The topological polar surface area (TPSA) is 110 Å². The molecule has 0 aliphatic carbocycles. The molecule has 2 aromatic rings. The summed E-state index contributed by atoms with van der Waals surface area (Å²) in [6, 6.07) is 4.13. The van der Waals surface area contributed by atoms with Crippen molar-refractivity contribution >= 4 is 42.1 Å². The van der Waals surface area contributed by atoms with Gasteiger partial charge in [0.25, 0.3) is 0 Å². The first-order valence-corrected chi connectivity index (χ1v) is 11.3. The summed E-state index contributed by atoms with van der Waals surface area (Å²) >= 11 is 1.19. The molecule has 10 heteroatoms. The fourth-order valence-corrected chi connectivity index (χ4v) is 5.54. The number of anilines is 1. The molecule has 0 unspecified atom stereocenters. The number of aromatic nitrogens is 1. The molecule has 1 aromatic carbocycles. The van der Waals surface area contributed by atoms with Gasteiger partial charge in [-0.25, -0.2) is 21.8 Å². The van der Waals surface area contributed by atoms with E-state index in [-0.39, 0.29) is 15.7 Å². The van der Waals surface area contributed by atoms with Crippen LogP contribution < -0.4 is 5.32 Å². The van der Waals surface area contributed by atoms with E-state index in [0.717, 1.165) is 12.5 Å². The molecule has 24 heavy (non-hydrogen) atoms. The van der Waals surface area contributed by atoms with E-state index in [1.807, 2.05) is 0 Å². The first kappa shape index (κ1) is 18.6. The van der Waals surface area contributed by atoms with Crippen LogP contribution in [0.2, 0.25) is 0 Å². The number of hydrogen-bond acceptors (Lipinski definition) is 7. The van der Waals surface area contributed by atoms with Crippen LogP contribution in [-0.4, -0.2) is 40.2 Å². The van der Waals surface area contributed by atoms with Crippen LogP contribution in [0, 0.1) is 6.92 Å². The molecule has 0 saturated carbocycles. The van der Waals surface area contributed by atoms with E-state index in [0.29, 0.717) is 21.3 Å². The number of nitrogens with zero attached hydrogens (tertiary/aromatic N) is 1. The van der Waals surface area contributed by atoms with Crippen molar-refractivity contribution in [2.75, 3.05) is 17.8 Å². The lowest BCUT2D eigenvalue weighted by molar-refractivity contribution is -0.114. The Kier molecular flexibility index (Phi) is 4.84. The van der Waals surface area contributed by atoms with E-state index in [1.165, 1.54) is 36.5 Å². The van der Waals surface area contributed by atoms with Crippen LogP contribution in [0.4, 0.5) is 5.13 Å². The molecule has 0 aliphatic rings. The highest BCUT2D eigenvalue weighted by Crippen LogP contribution is 2.35. The second-order valence-electron chi connectivity index (χ2n) is 5.32. The van der Waals surface area contributed by atoms with Crippen LogP contribution in [0.5, 0.6) is 0 Å². The minimum atomic E-state index is -3.74. The zero-order chi connectivity index (χ0) is 18.3. The van der Waals surface area contributed by atoms with Crippen molar-refractivity contribution in [3.8, 4) is 10.4 Å². The molecule has 1 heterocycles. The summed E-state index contributed by atoms with van der Waals surface area (Å²) in [5.41, 5.74) is 1.13. The summed E-state index contributed by atoms with van der Waals surface area (Å²) in [6.45, 7) is 3.08. The van der Waals surface area contributed by atoms with Gasteiger partial charge in [0, 0.05) is 19.4 Å². The summed E-state index contributed by atoms with van der Waals surface area (Å²) in [7, 11) is -7.42. The first-order valence-electron chi connectivity index (χ1n) is 6.69. The Hall–Kier alpha value is -1.78. The van der Waals surface area contributed by atoms with Gasteiger partial charge in [-0.3, -0.25) is 4.79 Å². The summed E-state index contributed by atoms with van der Waals surface area (Å²) < 4.78 is 47.6. The SMILES string of the molecule is CC(=O)Nc1nc(C)c(-c2ccc(S(C)(=O)=O)c(S(C)(=O)=O)c2)s1. The van der Waals surface area contributed by atoms with Gasteiger partial charge >= 0.3 is 0 Å². The molecule has 0 radical (unpaired) electrons. The largest absolute Gasteiger partial charge is 0.302 e. The number of carbonyl (C=O) groups is 1. The fourth-order valence-electron chi connectivity index (χ4n) is 2.11. The number of thiazole rings is 1. The van der Waals surface area contributed by atoms with Gasteiger partial charge in [-0.15, -0.1) is 0 Å². The second-order valence-corrected chi connectivity index (χ2v) is 10.3. The molecule has 2 rings (SSSR count). The monoisotopic (exact) mass is 388 g/mol. The van der Waals surface area contributed by atoms with E-state index in [1.54, 1.807) is 6.92 Å². The normalized spacial score (nSPS) is 12.2. The predicted molar refractivity (Wildman–Crippen MR) is 92.8 cm³/mol. The summed E-state index contributed by atoms with van der Waals surface area (Å²) in [4.78, 5) is 15.5. The van der Waals surface area contributed by atoms with Crippen molar-refractivity contribution in [2.45, 2.75) is 23.6 Å². The number of carbonyl (C=O) groups excluding carboxylic acids is 1. The maximum Gasteiger partial charge on any atom is 0.223 e. The molecule has 0 aliphatic heterocycles. The molecule has 7 nitrogen and oxygen atoms in total. The van der Waals surface area contributed by atoms with Crippen molar-refractivity contribution in [2.24, 2.45) is 0 Å². The van der Waals surface area contributed by atoms with Crippen LogP contribution in [0.1, 0.15) is 12.6 Å². The van der Waals surface area contributed by atoms with Gasteiger partial charge in [0.15, 0.2) is 24.8 Å². The van der Waals surface area contributed by atoms with Crippen molar-refractivity contribution < 1.29 is 21.6 Å². The summed E-state index contributed by atoms with van der Waals surface area (Å²) in [6.07, 6.45) is 1.92. The maximum absolute atomic E-state index is 12.0. The van der Waals surface area contributed by atoms with Crippen LogP contribution in [0.3, 0.4) is 0 Å². The number of aryl methyl sites for hydroxylation is 1. The highest BCUT2D eigenvalue weighted by atomic mass is 32.2. The molecule has 0 bridgehead atoms. The summed E-state index contributed by atoms with van der Waals surface area (Å²) in [5, 5.41) is 2.96. The Morgan fingerprint density at radius 3 is 2.17 bits per heavy atom. The Balaban J connectivity index is 2.66. The van der Waals surface area contributed by atoms with Gasteiger partial charge in [0.1, 0.15) is 0 Å². The average molecular weight is 388 g/mol. The smallest absolute Gasteiger partial charge is 0.223 e. The van der Waals surface area contributed by atoms with Crippen molar-refractivity contribution in [3.63, 3.8) is 0 Å². The standard InChI is InChI=1S/C14H16N2O5S3/c1-8-13(22-14(15-8)16-9(2)17)10-5-6-11(23(3,18)19)12(7-10)24(4,20)21/h5-7H,1-4H3,(H,15,16,17). The molecule has 1 aromatic heterocycles. The summed E-state index contributed by atoms with van der Waals surface area (Å²) in [5.74, 6) is -0.264. The number of rotatable bonds is 4. The Bertz CT molecular complexity index is 1020. The zero-order valence-electron chi connectivity index (χ0n) is 13.4. The quantitative estimate of drug-likeness (QED) is 0.856. The molecular weight excluding hydrogens is 372 g/mol. The van der Waals surface area contributed by atoms with Crippen LogP contribution >= 0.6 is 11.3 Å². The van der Waals surface area contributed by atoms with E-state index in [9.17, 15) is 21.6 Å². The van der Waals surface area contributed by atoms with Gasteiger partial charge in [-0.1, -0.05) is 17.4 Å². The minimum Gasteiger partial charge on any atom is -0.302 e. The molecule has 0 saturated heterocycles. The molecule has 1 amide bonds. The molecule has 0 fully saturated rings. The Morgan fingerprint density at radius 1 is 1.08 bits per heavy atom. The van der Waals surface area contributed by atoms with Gasteiger partial charge in [0.05, 0.1) is 20.4 Å². The Labute approximate surface area is 144 Å². The van der Waals surface area contributed by atoms with Crippen molar-refractivity contribution in [1.82, 2.24) is 4.98 Å². The van der Waals surface area contributed by atoms with Gasteiger partial charge in [-0.2, -0.15) is 0 Å². The first-order chi connectivity index (χ1) is 10.9. The number of sulfone groups is 2. The second kappa shape index (κ2) is 6.26. The van der Waals surface area contributed by atoms with Gasteiger partial charge in [-0.05, 0) is 24.6 Å². The van der Waals surface area contributed by atoms with Gasteiger partial charge in [0.2, 0.25) is 5.91 Å². The van der Waals surface area contributed by atoms with Gasteiger partial charge < -0.3 is 5.32 Å². The van der Waals surface area contributed by atoms with Crippen molar-refractivity contribution in [1.29, 1.82) is 0 Å². The maximum atomic E-state index is 12.0. The lowest BCUT2D eigenvalue weighted by atomic mass is 10.2. The van der Waals surface area contributed by atoms with Crippen LogP contribution in [-0.2, 0) is 24.5 Å². The molecule has 0 spiro atoms. The van der Waals surface area contributed by atoms with Crippen LogP contribution in [0.25, 0.3) is 10.4 Å². The third kappa shape index (κ3) is 4.00. The predicted octanol–water partition coefficient (Wildman–Crippen LogP) is 1.88. The highest BCUT2D eigenvalue weighted by Gasteiger charge is 2.22. The number of benzene rings is 1. The van der Waals surface area contributed by atoms with E-state index >= 15 is 0 Å². The third-order valence-corrected chi connectivity index (χ3v) is 6.63. The highest BCUT2D eigenvalue weighted by molar-refractivity contribution is 7.93. The Morgan fingerprint density at radius 2 is 1.67 bits per heavy atom. The van der Waals surface area contributed by atoms with E-state index in [2.05, 4.69) is 10.3 Å². The lowest BCUT2D eigenvalue weighted by Crippen LogP contribution is -2.07. The molecule has 0 atom stereocenters. The molecule has 1 N–H and O–H groups in total. The van der Waals surface area contributed by atoms with E-state index < -0.39 is 19.7 Å². The fraction of sp³-hybridized carbons (Fsp3) is 0.286. The number of amides is 1. The lowest BCUT2D eigenvalue weighted by Gasteiger charge is -2.08. The molecular formula is C14H16N2O5S3. The van der Waals surface area contributed by atoms with E-state index in [4.69, 9.17) is 0 Å². The number of nitrogens with one attached hydrogen (secondary N) is 1. The average Bonchev–Trinajstić information content (AvgIpc) is 2.76. The third-order valence-electron chi connectivity index (χ3n) is 3.08. The van der Waals surface area contributed by atoms with Crippen LogP contribution in [0.15, 0.2) is 28.0 Å². The molecule has 130 valence electrons. The zero-order valence-corrected chi connectivity index (χ0v) is 15.9. The van der Waals surface area contributed by atoms with Crippen molar-refractivity contribution in [3.05, 3.63) is 23.9 Å². The number of hydrogen-bond donors (Lipinski definition) is 1.